The fourth-order valence-corrected chi connectivity index (χ4v) is 2.21. The van der Waals surface area contributed by atoms with Gasteiger partial charge in [0.25, 0.3) is 0 Å². The molecule has 0 aromatic heterocycles. The molecule has 0 heterocycles. The highest BCUT2D eigenvalue weighted by Crippen LogP contribution is 2.23. The van der Waals surface area contributed by atoms with Crippen LogP contribution in [-0.4, -0.2) is 13.7 Å². The molecule has 0 aliphatic heterocycles. The van der Waals surface area contributed by atoms with E-state index in [1.54, 1.807) is 7.11 Å². The summed E-state index contributed by atoms with van der Waals surface area (Å²) in [7, 11) is 1.69. The summed E-state index contributed by atoms with van der Waals surface area (Å²) in [5.41, 5.74) is 1.09. The van der Waals surface area contributed by atoms with Crippen molar-refractivity contribution in [2.24, 2.45) is 5.92 Å². The maximum Gasteiger partial charge on any atom is 0.124 e. The van der Waals surface area contributed by atoms with E-state index in [-0.39, 0.29) is 0 Å². The number of ether oxygens (including phenoxy) is 2. The third kappa shape index (κ3) is 5.09. The third-order valence-electron chi connectivity index (χ3n) is 2.68. The van der Waals surface area contributed by atoms with E-state index >= 15 is 0 Å². The standard InChI is InChI=1S/C14H21BrO2/c1-4-5-11(2)9-17-10-12-8-13(15)6-7-14(12)16-3/h6-8,11H,4-5,9-10H2,1-3H3. The fourth-order valence-electron chi connectivity index (χ4n) is 1.81. The molecular weight excluding hydrogens is 280 g/mol. The third-order valence-corrected chi connectivity index (χ3v) is 3.18. The summed E-state index contributed by atoms with van der Waals surface area (Å²) in [6.07, 6.45) is 2.43. The van der Waals surface area contributed by atoms with Crippen LogP contribution in [0.3, 0.4) is 0 Å². The summed E-state index contributed by atoms with van der Waals surface area (Å²) in [4.78, 5) is 0. The summed E-state index contributed by atoms with van der Waals surface area (Å²) >= 11 is 3.46. The Morgan fingerprint density at radius 3 is 2.76 bits per heavy atom. The highest BCUT2D eigenvalue weighted by atomic mass is 79.9. The van der Waals surface area contributed by atoms with E-state index < -0.39 is 0 Å². The Bertz CT molecular complexity index is 339. The van der Waals surface area contributed by atoms with Crippen LogP contribution in [0.1, 0.15) is 32.3 Å². The second-order valence-corrected chi connectivity index (χ2v) is 5.28. The SMILES string of the molecule is CCCC(C)COCc1cc(Br)ccc1OC. The Labute approximate surface area is 112 Å². The minimum Gasteiger partial charge on any atom is -0.496 e. The Morgan fingerprint density at radius 2 is 2.12 bits per heavy atom. The summed E-state index contributed by atoms with van der Waals surface area (Å²) in [5.74, 6) is 1.51. The molecule has 17 heavy (non-hydrogen) atoms. The molecular formula is C14H21BrO2. The highest BCUT2D eigenvalue weighted by molar-refractivity contribution is 9.10. The zero-order valence-corrected chi connectivity index (χ0v) is 12.4. The predicted octanol–water partition coefficient (Wildman–Crippen LogP) is 4.41. The molecule has 2 nitrogen and oxygen atoms in total. The molecule has 1 aromatic rings. The quantitative estimate of drug-likeness (QED) is 0.742. The molecule has 0 fully saturated rings. The van der Waals surface area contributed by atoms with Crippen LogP contribution in [0.15, 0.2) is 22.7 Å². The van der Waals surface area contributed by atoms with E-state index in [9.17, 15) is 0 Å². The zero-order valence-electron chi connectivity index (χ0n) is 10.8. The molecule has 0 aliphatic carbocycles. The van der Waals surface area contributed by atoms with E-state index in [0.29, 0.717) is 12.5 Å². The molecule has 0 saturated heterocycles. The van der Waals surface area contributed by atoms with Gasteiger partial charge in [0.2, 0.25) is 0 Å². The number of hydrogen-bond donors (Lipinski definition) is 0. The monoisotopic (exact) mass is 300 g/mol. The van der Waals surface area contributed by atoms with Gasteiger partial charge < -0.3 is 9.47 Å². The van der Waals surface area contributed by atoms with Gasteiger partial charge in [0, 0.05) is 16.6 Å². The lowest BCUT2D eigenvalue weighted by molar-refractivity contribution is 0.0879. The van der Waals surface area contributed by atoms with Crippen LogP contribution in [0.4, 0.5) is 0 Å². The van der Waals surface area contributed by atoms with Gasteiger partial charge in [-0.3, -0.25) is 0 Å². The number of hydrogen-bond acceptors (Lipinski definition) is 2. The lowest BCUT2D eigenvalue weighted by Gasteiger charge is -2.13. The molecule has 1 rings (SSSR count). The maximum atomic E-state index is 5.73. The van der Waals surface area contributed by atoms with E-state index in [1.807, 2.05) is 18.2 Å². The lowest BCUT2D eigenvalue weighted by Crippen LogP contribution is -2.06. The summed E-state index contributed by atoms with van der Waals surface area (Å²) in [5, 5.41) is 0. The molecule has 0 spiro atoms. The molecule has 0 aliphatic rings. The van der Waals surface area contributed by atoms with Crippen LogP contribution in [-0.2, 0) is 11.3 Å². The second kappa shape index (κ2) is 7.72. The van der Waals surface area contributed by atoms with Crippen molar-refractivity contribution in [3.63, 3.8) is 0 Å². The maximum absolute atomic E-state index is 5.73. The molecule has 0 amide bonds. The Balaban J connectivity index is 2.48. The van der Waals surface area contributed by atoms with Crippen LogP contribution >= 0.6 is 15.9 Å². The average molecular weight is 301 g/mol. The van der Waals surface area contributed by atoms with Gasteiger partial charge in [-0.1, -0.05) is 36.2 Å². The first kappa shape index (κ1) is 14.5. The molecule has 0 radical (unpaired) electrons. The predicted molar refractivity (Wildman–Crippen MR) is 74.4 cm³/mol. The molecule has 1 unspecified atom stereocenters. The molecule has 96 valence electrons. The first-order valence-corrected chi connectivity index (χ1v) is 6.86. The smallest absolute Gasteiger partial charge is 0.124 e. The largest absolute Gasteiger partial charge is 0.496 e. The topological polar surface area (TPSA) is 18.5 Å². The first-order valence-electron chi connectivity index (χ1n) is 6.07. The Kier molecular flexibility index (Phi) is 6.60. The summed E-state index contributed by atoms with van der Waals surface area (Å²) < 4.78 is 12.1. The number of methoxy groups -OCH3 is 1. The normalized spacial score (nSPS) is 12.5. The number of halogens is 1. The van der Waals surface area contributed by atoms with Crippen molar-refractivity contribution in [2.45, 2.75) is 33.3 Å². The minimum absolute atomic E-state index is 0.608. The molecule has 0 saturated carbocycles. The lowest BCUT2D eigenvalue weighted by atomic mass is 10.1. The van der Waals surface area contributed by atoms with Crippen molar-refractivity contribution in [3.05, 3.63) is 28.2 Å². The summed E-state index contributed by atoms with van der Waals surface area (Å²) in [6.45, 7) is 5.84. The van der Waals surface area contributed by atoms with Crippen LogP contribution in [0.2, 0.25) is 0 Å². The van der Waals surface area contributed by atoms with Gasteiger partial charge >= 0.3 is 0 Å². The molecule has 1 atom stereocenters. The minimum atomic E-state index is 0.608. The van der Waals surface area contributed by atoms with Gasteiger partial charge in [-0.2, -0.15) is 0 Å². The number of rotatable bonds is 7. The summed E-state index contributed by atoms with van der Waals surface area (Å²) in [6, 6.07) is 5.98. The molecule has 0 N–H and O–H groups in total. The van der Waals surface area contributed by atoms with Gasteiger partial charge in [0.15, 0.2) is 0 Å². The Morgan fingerprint density at radius 1 is 1.35 bits per heavy atom. The van der Waals surface area contributed by atoms with Crippen LogP contribution < -0.4 is 4.74 Å². The highest BCUT2D eigenvalue weighted by Gasteiger charge is 2.05. The average Bonchev–Trinajstić information content (AvgIpc) is 2.30. The van der Waals surface area contributed by atoms with E-state index in [4.69, 9.17) is 9.47 Å². The van der Waals surface area contributed by atoms with E-state index in [1.165, 1.54) is 12.8 Å². The van der Waals surface area contributed by atoms with Crippen LogP contribution in [0, 0.1) is 5.92 Å². The Hall–Kier alpha value is -0.540. The number of benzene rings is 1. The van der Waals surface area contributed by atoms with Gasteiger partial charge in [0.05, 0.1) is 13.7 Å². The van der Waals surface area contributed by atoms with E-state index in [2.05, 4.69) is 29.8 Å². The fraction of sp³-hybridized carbons (Fsp3) is 0.571. The molecule has 0 bridgehead atoms. The molecule has 1 aromatic carbocycles. The van der Waals surface area contributed by atoms with Gasteiger partial charge in [-0.15, -0.1) is 0 Å². The van der Waals surface area contributed by atoms with Gasteiger partial charge in [0.1, 0.15) is 5.75 Å². The van der Waals surface area contributed by atoms with Crippen molar-refractivity contribution in [1.29, 1.82) is 0 Å². The zero-order chi connectivity index (χ0) is 12.7. The van der Waals surface area contributed by atoms with Crippen molar-refractivity contribution >= 4 is 15.9 Å². The van der Waals surface area contributed by atoms with Crippen LogP contribution in [0.5, 0.6) is 5.75 Å². The molecule has 3 heteroatoms. The van der Waals surface area contributed by atoms with Crippen molar-refractivity contribution < 1.29 is 9.47 Å². The van der Waals surface area contributed by atoms with E-state index in [0.717, 1.165) is 22.4 Å². The van der Waals surface area contributed by atoms with Gasteiger partial charge in [-0.05, 0) is 30.5 Å². The van der Waals surface area contributed by atoms with Crippen molar-refractivity contribution in [2.75, 3.05) is 13.7 Å². The first-order chi connectivity index (χ1) is 8.17. The second-order valence-electron chi connectivity index (χ2n) is 4.37. The van der Waals surface area contributed by atoms with Crippen molar-refractivity contribution in [3.8, 4) is 5.75 Å². The van der Waals surface area contributed by atoms with Crippen molar-refractivity contribution in [1.82, 2.24) is 0 Å². The van der Waals surface area contributed by atoms with Crippen LogP contribution in [0.25, 0.3) is 0 Å². The van der Waals surface area contributed by atoms with Gasteiger partial charge in [-0.25, -0.2) is 0 Å².